The molecule has 1 aromatic rings. The normalized spacial score (nSPS) is 13.6. The van der Waals surface area contributed by atoms with Crippen LogP contribution < -0.4 is 5.32 Å². The third kappa shape index (κ3) is 4.39. The van der Waals surface area contributed by atoms with Crippen LogP contribution in [0, 0.1) is 11.3 Å². The predicted molar refractivity (Wildman–Crippen MR) is 69.4 cm³/mol. The van der Waals surface area contributed by atoms with Gasteiger partial charge in [0.15, 0.2) is 0 Å². The van der Waals surface area contributed by atoms with Gasteiger partial charge in [-0.1, -0.05) is 6.92 Å². The number of nitrogens with one attached hydrogen (secondary N) is 2. The Labute approximate surface area is 112 Å². The second kappa shape index (κ2) is 6.92. The highest BCUT2D eigenvalue weighted by Crippen LogP contribution is 2.16. The zero-order valence-corrected chi connectivity index (χ0v) is 10.9. The van der Waals surface area contributed by atoms with Gasteiger partial charge in [-0.05, 0) is 25.3 Å². The van der Waals surface area contributed by atoms with Gasteiger partial charge in [0.25, 0.3) is 5.91 Å². The Hall–Kier alpha value is -1.84. The summed E-state index contributed by atoms with van der Waals surface area (Å²) in [6.07, 6.45) is 2.85. The molecule has 1 aromatic heterocycles. The van der Waals surface area contributed by atoms with Gasteiger partial charge in [0, 0.05) is 19.3 Å². The van der Waals surface area contributed by atoms with Crippen LogP contribution in [0.3, 0.4) is 0 Å². The monoisotopic (exact) mass is 265 g/mol. The maximum atomic E-state index is 11.8. The number of amides is 1. The number of aromatic nitrogens is 1. The van der Waals surface area contributed by atoms with E-state index in [1.807, 2.05) is 13.0 Å². The molecule has 6 nitrogen and oxygen atoms in total. The fourth-order valence-electron chi connectivity index (χ4n) is 1.73. The van der Waals surface area contributed by atoms with Gasteiger partial charge in [-0.15, -0.1) is 0 Å². The summed E-state index contributed by atoms with van der Waals surface area (Å²) < 4.78 is 0. The van der Waals surface area contributed by atoms with Gasteiger partial charge in [-0.2, -0.15) is 5.26 Å². The van der Waals surface area contributed by atoms with E-state index in [1.165, 1.54) is 12.3 Å². The number of aliphatic hydroxyl groups is 2. The first kappa shape index (κ1) is 15.2. The van der Waals surface area contributed by atoms with Crippen molar-refractivity contribution in [2.45, 2.75) is 31.8 Å². The quantitative estimate of drug-likeness (QED) is 0.576. The van der Waals surface area contributed by atoms with Gasteiger partial charge >= 0.3 is 0 Å². The van der Waals surface area contributed by atoms with Crippen molar-refractivity contribution in [3.63, 3.8) is 0 Å². The number of nitrogens with zero attached hydrogens (tertiary/aromatic N) is 1. The largest absolute Gasteiger partial charge is 0.396 e. The number of hydrogen-bond donors (Lipinski definition) is 4. The van der Waals surface area contributed by atoms with Gasteiger partial charge in [-0.3, -0.25) is 4.79 Å². The van der Waals surface area contributed by atoms with Crippen LogP contribution in [0.25, 0.3) is 0 Å². The topological polar surface area (TPSA) is 109 Å². The van der Waals surface area contributed by atoms with Crippen LogP contribution in [0.2, 0.25) is 0 Å². The van der Waals surface area contributed by atoms with Crippen molar-refractivity contribution in [3.8, 4) is 6.07 Å². The molecule has 104 valence electrons. The molecule has 0 bridgehead atoms. The van der Waals surface area contributed by atoms with Crippen LogP contribution in [0.4, 0.5) is 0 Å². The van der Waals surface area contributed by atoms with Gasteiger partial charge < -0.3 is 20.5 Å². The summed E-state index contributed by atoms with van der Waals surface area (Å²) >= 11 is 0. The molecule has 0 aromatic carbocycles. The average molecular weight is 265 g/mol. The molecule has 0 aliphatic rings. The van der Waals surface area contributed by atoms with Crippen molar-refractivity contribution in [1.29, 1.82) is 5.26 Å². The molecule has 1 atom stereocenters. The van der Waals surface area contributed by atoms with Crippen molar-refractivity contribution in [2.24, 2.45) is 0 Å². The van der Waals surface area contributed by atoms with E-state index >= 15 is 0 Å². The number of aliphatic hydroxyl groups excluding tert-OH is 1. The summed E-state index contributed by atoms with van der Waals surface area (Å²) in [5.41, 5.74) is -0.336. The molecule has 0 aliphatic heterocycles. The maximum Gasteiger partial charge on any atom is 0.267 e. The van der Waals surface area contributed by atoms with E-state index in [2.05, 4.69) is 10.3 Å². The molecule has 1 heterocycles. The molecule has 4 N–H and O–H groups in total. The number of hydrogen-bond acceptors (Lipinski definition) is 4. The zero-order valence-electron chi connectivity index (χ0n) is 10.9. The Morgan fingerprint density at radius 3 is 2.89 bits per heavy atom. The molecule has 19 heavy (non-hydrogen) atoms. The molecule has 6 heteroatoms. The highest BCUT2D eigenvalue weighted by atomic mass is 16.3. The summed E-state index contributed by atoms with van der Waals surface area (Å²) in [4.78, 5) is 14.5. The number of aromatic amines is 1. The van der Waals surface area contributed by atoms with Crippen molar-refractivity contribution < 1.29 is 15.0 Å². The molecule has 0 spiro atoms. The third-order valence-electron chi connectivity index (χ3n) is 3.09. The van der Waals surface area contributed by atoms with E-state index in [1.54, 1.807) is 0 Å². The highest BCUT2D eigenvalue weighted by molar-refractivity contribution is 5.92. The standard InChI is InChI=1S/C13H19N3O3/c1-2-13(19,4-3-5-17)9-16-12(18)11-6-10(7-14)8-15-11/h6,8,15,17,19H,2-5,9H2,1H3,(H,16,18)/t13-/m0/s1. The van der Waals surface area contributed by atoms with Crippen LogP contribution in [-0.2, 0) is 0 Å². The van der Waals surface area contributed by atoms with Crippen molar-refractivity contribution in [3.05, 3.63) is 23.5 Å². The fourth-order valence-corrected chi connectivity index (χ4v) is 1.73. The molecular formula is C13H19N3O3. The second-order valence-electron chi connectivity index (χ2n) is 4.50. The van der Waals surface area contributed by atoms with Crippen LogP contribution in [0.1, 0.15) is 42.2 Å². The minimum atomic E-state index is -1.01. The lowest BCUT2D eigenvalue weighted by atomic mass is 9.94. The molecule has 0 unspecified atom stereocenters. The molecule has 1 rings (SSSR count). The number of carbonyl (C=O) groups excluding carboxylic acids is 1. The first-order valence-corrected chi connectivity index (χ1v) is 6.24. The first-order valence-electron chi connectivity index (χ1n) is 6.24. The first-order chi connectivity index (χ1) is 9.04. The Bertz CT molecular complexity index is 464. The van der Waals surface area contributed by atoms with Gasteiger partial charge in [-0.25, -0.2) is 0 Å². The minimum absolute atomic E-state index is 0.0123. The number of H-pyrrole nitrogens is 1. The van der Waals surface area contributed by atoms with Crippen LogP contribution in [0.15, 0.2) is 12.3 Å². The summed E-state index contributed by atoms with van der Waals surface area (Å²) in [7, 11) is 0. The molecule has 0 saturated heterocycles. The molecule has 0 fully saturated rings. The molecular weight excluding hydrogens is 246 g/mol. The number of carbonyl (C=O) groups is 1. The Morgan fingerprint density at radius 1 is 1.63 bits per heavy atom. The lowest BCUT2D eigenvalue weighted by Gasteiger charge is -2.26. The van der Waals surface area contributed by atoms with E-state index in [9.17, 15) is 9.90 Å². The van der Waals surface area contributed by atoms with Crippen LogP contribution in [0.5, 0.6) is 0 Å². The smallest absolute Gasteiger partial charge is 0.267 e. The van der Waals surface area contributed by atoms with Gasteiger partial charge in [0.2, 0.25) is 0 Å². The van der Waals surface area contributed by atoms with E-state index in [4.69, 9.17) is 10.4 Å². The Balaban J connectivity index is 2.55. The third-order valence-corrected chi connectivity index (χ3v) is 3.09. The second-order valence-corrected chi connectivity index (χ2v) is 4.50. The lowest BCUT2D eigenvalue weighted by Crippen LogP contribution is -2.42. The fraction of sp³-hybridized carbons (Fsp3) is 0.538. The summed E-state index contributed by atoms with van der Waals surface area (Å²) in [6, 6.07) is 3.38. The summed E-state index contributed by atoms with van der Waals surface area (Å²) in [6.45, 7) is 1.95. The molecule has 0 saturated carbocycles. The lowest BCUT2D eigenvalue weighted by molar-refractivity contribution is 0.0212. The van der Waals surface area contributed by atoms with Crippen LogP contribution >= 0.6 is 0 Å². The summed E-state index contributed by atoms with van der Waals surface area (Å²) in [5.74, 6) is -0.364. The summed E-state index contributed by atoms with van der Waals surface area (Å²) in [5, 5.41) is 30.3. The van der Waals surface area contributed by atoms with E-state index in [-0.39, 0.29) is 24.8 Å². The number of nitriles is 1. The zero-order chi connectivity index (χ0) is 14.3. The van der Waals surface area contributed by atoms with Gasteiger partial charge in [0.05, 0.1) is 11.2 Å². The van der Waals surface area contributed by atoms with E-state index < -0.39 is 5.60 Å². The minimum Gasteiger partial charge on any atom is -0.396 e. The van der Waals surface area contributed by atoms with E-state index in [0.717, 1.165) is 0 Å². The van der Waals surface area contributed by atoms with Gasteiger partial charge in [0.1, 0.15) is 11.8 Å². The Morgan fingerprint density at radius 2 is 2.37 bits per heavy atom. The Kier molecular flexibility index (Phi) is 5.55. The van der Waals surface area contributed by atoms with E-state index in [0.29, 0.717) is 24.8 Å². The maximum absolute atomic E-state index is 11.8. The van der Waals surface area contributed by atoms with Crippen molar-refractivity contribution in [1.82, 2.24) is 10.3 Å². The number of rotatable bonds is 7. The highest BCUT2D eigenvalue weighted by Gasteiger charge is 2.25. The predicted octanol–water partition coefficient (Wildman–Crippen LogP) is 0.530. The van der Waals surface area contributed by atoms with Crippen LogP contribution in [-0.4, -0.2) is 39.9 Å². The van der Waals surface area contributed by atoms with Crippen molar-refractivity contribution >= 4 is 5.91 Å². The SMILES string of the molecule is CC[C@](O)(CCCO)CNC(=O)c1cc(C#N)c[nH]1. The van der Waals surface area contributed by atoms with Crippen molar-refractivity contribution in [2.75, 3.05) is 13.2 Å². The molecule has 0 aliphatic carbocycles. The average Bonchev–Trinajstić information content (AvgIpc) is 2.91. The molecule has 0 radical (unpaired) electrons. The molecule has 1 amide bonds.